The van der Waals surface area contributed by atoms with Gasteiger partial charge in [0, 0.05) is 20.0 Å². The maximum absolute atomic E-state index is 14.9. The van der Waals surface area contributed by atoms with Crippen molar-refractivity contribution in [1.82, 2.24) is 5.32 Å². The molecule has 158 valence electrons. The van der Waals surface area contributed by atoms with Gasteiger partial charge >= 0.3 is 6.09 Å². The number of nitrogens with zero attached hydrogens (tertiary/aromatic N) is 2. The zero-order valence-electron chi connectivity index (χ0n) is 16.7. The number of hydrogen-bond acceptors (Lipinski definition) is 6. The van der Waals surface area contributed by atoms with Gasteiger partial charge in [-0.2, -0.15) is 0 Å². The van der Waals surface area contributed by atoms with E-state index in [4.69, 9.17) is 14.2 Å². The van der Waals surface area contributed by atoms with Gasteiger partial charge in [-0.3, -0.25) is 9.69 Å². The SMILES string of the molecule is CC(=O)NCC1CN(c2ccc(N3CCC4(CC3)COC(C)O4)c(F)c2)C(=O)O1. The predicted octanol–water partition coefficient (Wildman–Crippen LogP) is 2.02. The Balaban J connectivity index is 1.40. The number of cyclic esters (lactones) is 1. The van der Waals surface area contributed by atoms with Crippen molar-refractivity contribution in [2.75, 3.05) is 42.6 Å². The van der Waals surface area contributed by atoms with E-state index in [0.717, 1.165) is 12.8 Å². The smallest absolute Gasteiger partial charge is 0.414 e. The number of nitrogens with one attached hydrogen (secondary N) is 1. The molecule has 2 amide bonds. The molecule has 2 unspecified atom stereocenters. The molecule has 3 heterocycles. The lowest BCUT2D eigenvalue weighted by molar-refractivity contribution is -0.119. The normalized spacial score (nSPS) is 26.1. The number of ether oxygens (including phenoxy) is 3. The first-order valence-corrected chi connectivity index (χ1v) is 9.92. The first kappa shape index (κ1) is 19.9. The Kier molecular flexibility index (Phi) is 5.35. The molecule has 3 saturated heterocycles. The number of hydrogen-bond donors (Lipinski definition) is 1. The van der Waals surface area contributed by atoms with E-state index in [1.165, 1.54) is 17.9 Å². The third-order valence-corrected chi connectivity index (χ3v) is 5.71. The molecule has 0 bridgehead atoms. The topological polar surface area (TPSA) is 80.3 Å². The molecular weight excluding hydrogens is 381 g/mol. The summed E-state index contributed by atoms with van der Waals surface area (Å²) in [6.07, 6.45) is 0.375. The second-order valence-corrected chi connectivity index (χ2v) is 7.86. The van der Waals surface area contributed by atoms with Crippen molar-refractivity contribution in [2.45, 2.75) is 44.7 Å². The second-order valence-electron chi connectivity index (χ2n) is 7.86. The van der Waals surface area contributed by atoms with Crippen LogP contribution in [-0.4, -0.2) is 62.8 Å². The van der Waals surface area contributed by atoms with E-state index in [9.17, 15) is 14.0 Å². The van der Waals surface area contributed by atoms with Crippen molar-refractivity contribution < 1.29 is 28.2 Å². The van der Waals surface area contributed by atoms with Crippen LogP contribution in [0.4, 0.5) is 20.6 Å². The highest BCUT2D eigenvalue weighted by molar-refractivity contribution is 5.90. The number of rotatable bonds is 4. The summed E-state index contributed by atoms with van der Waals surface area (Å²) in [7, 11) is 0. The first-order valence-electron chi connectivity index (χ1n) is 9.92. The summed E-state index contributed by atoms with van der Waals surface area (Å²) in [5.41, 5.74) is 0.698. The van der Waals surface area contributed by atoms with Crippen molar-refractivity contribution in [3.8, 4) is 0 Å². The number of carbonyl (C=O) groups excluding carboxylic acids is 2. The molecule has 0 radical (unpaired) electrons. The van der Waals surface area contributed by atoms with Crippen molar-refractivity contribution in [3.05, 3.63) is 24.0 Å². The first-order chi connectivity index (χ1) is 13.8. The van der Waals surface area contributed by atoms with E-state index in [-0.39, 0.29) is 36.7 Å². The van der Waals surface area contributed by atoms with Crippen molar-refractivity contribution in [1.29, 1.82) is 0 Å². The molecule has 3 aliphatic rings. The van der Waals surface area contributed by atoms with Gasteiger partial charge in [0.05, 0.1) is 36.7 Å². The molecule has 29 heavy (non-hydrogen) atoms. The van der Waals surface area contributed by atoms with E-state index in [0.29, 0.717) is 31.1 Å². The van der Waals surface area contributed by atoms with Crippen LogP contribution in [0, 0.1) is 5.82 Å². The van der Waals surface area contributed by atoms with E-state index in [1.807, 2.05) is 11.8 Å². The number of anilines is 2. The van der Waals surface area contributed by atoms with Gasteiger partial charge in [-0.25, -0.2) is 9.18 Å². The summed E-state index contributed by atoms with van der Waals surface area (Å²) >= 11 is 0. The van der Waals surface area contributed by atoms with Crippen molar-refractivity contribution in [3.63, 3.8) is 0 Å². The molecule has 1 aromatic carbocycles. The Morgan fingerprint density at radius 1 is 1.34 bits per heavy atom. The second kappa shape index (κ2) is 7.79. The maximum atomic E-state index is 14.9. The Morgan fingerprint density at radius 2 is 2.10 bits per heavy atom. The minimum absolute atomic E-state index is 0.188. The Labute approximate surface area is 168 Å². The molecule has 0 aliphatic carbocycles. The predicted molar refractivity (Wildman–Crippen MR) is 103 cm³/mol. The molecule has 3 aliphatic heterocycles. The highest BCUT2D eigenvalue weighted by Crippen LogP contribution is 2.36. The minimum atomic E-state index is -0.542. The lowest BCUT2D eigenvalue weighted by atomic mass is 9.92. The Hall–Kier alpha value is -2.39. The van der Waals surface area contributed by atoms with Crippen LogP contribution in [0.5, 0.6) is 0 Å². The molecule has 0 aromatic heterocycles. The molecule has 1 N–H and O–H groups in total. The monoisotopic (exact) mass is 407 g/mol. The molecule has 0 saturated carbocycles. The van der Waals surface area contributed by atoms with E-state index in [2.05, 4.69) is 5.32 Å². The molecule has 1 aromatic rings. The highest BCUT2D eigenvalue weighted by atomic mass is 19.1. The summed E-state index contributed by atoms with van der Waals surface area (Å²) < 4.78 is 31.6. The third kappa shape index (κ3) is 4.16. The van der Waals surface area contributed by atoms with Crippen molar-refractivity contribution in [2.24, 2.45) is 0 Å². The summed E-state index contributed by atoms with van der Waals surface area (Å²) in [6.45, 7) is 5.73. The fourth-order valence-electron chi connectivity index (χ4n) is 4.12. The van der Waals surface area contributed by atoms with Crippen LogP contribution in [0.1, 0.15) is 26.7 Å². The van der Waals surface area contributed by atoms with Crippen LogP contribution in [0.2, 0.25) is 0 Å². The quantitative estimate of drug-likeness (QED) is 0.823. The van der Waals surface area contributed by atoms with Crippen LogP contribution < -0.4 is 15.1 Å². The Morgan fingerprint density at radius 3 is 2.72 bits per heavy atom. The minimum Gasteiger partial charge on any atom is -0.442 e. The van der Waals surface area contributed by atoms with Crippen LogP contribution >= 0.6 is 0 Å². The average Bonchev–Trinajstić information content (AvgIpc) is 3.23. The Bertz CT molecular complexity index is 796. The maximum Gasteiger partial charge on any atom is 0.414 e. The summed E-state index contributed by atoms with van der Waals surface area (Å²) in [5, 5.41) is 2.62. The molecule has 1 spiro atoms. The largest absolute Gasteiger partial charge is 0.442 e. The third-order valence-electron chi connectivity index (χ3n) is 5.71. The lowest BCUT2D eigenvalue weighted by Gasteiger charge is -2.39. The zero-order valence-corrected chi connectivity index (χ0v) is 16.7. The van der Waals surface area contributed by atoms with E-state index in [1.54, 1.807) is 12.1 Å². The van der Waals surface area contributed by atoms with E-state index < -0.39 is 12.2 Å². The van der Waals surface area contributed by atoms with E-state index >= 15 is 0 Å². The summed E-state index contributed by atoms with van der Waals surface area (Å²) in [4.78, 5) is 26.5. The number of halogens is 1. The van der Waals surface area contributed by atoms with Gasteiger partial charge in [-0.1, -0.05) is 0 Å². The van der Waals surface area contributed by atoms with Crippen LogP contribution in [0.3, 0.4) is 0 Å². The zero-order chi connectivity index (χ0) is 20.6. The van der Waals surface area contributed by atoms with Gasteiger partial charge in [-0.15, -0.1) is 0 Å². The fraction of sp³-hybridized carbons (Fsp3) is 0.600. The molecule has 3 fully saturated rings. The van der Waals surface area contributed by atoms with Crippen LogP contribution in [-0.2, 0) is 19.0 Å². The molecule has 4 rings (SSSR count). The van der Waals surface area contributed by atoms with Crippen molar-refractivity contribution >= 4 is 23.4 Å². The van der Waals surface area contributed by atoms with Gasteiger partial charge in [0.25, 0.3) is 0 Å². The molecular formula is C20H26FN3O5. The van der Waals surface area contributed by atoms with Crippen LogP contribution in [0.15, 0.2) is 18.2 Å². The average molecular weight is 407 g/mol. The van der Waals surface area contributed by atoms with Gasteiger partial charge < -0.3 is 24.4 Å². The summed E-state index contributed by atoms with van der Waals surface area (Å²) in [6, 6.07) is 4.78. The molecule has 9 heteroatoms. The fourth-order valence-corrected chi connectivity index (χ4v) is 4.12. The number of carbonyl (C=O) groups is 2. The lowest BCUT2D eigenvalue weighted by Crippen LogP contribution is -2.46. The standard InChI is InChI=1S/C20H26FN3O5/c1-13(25)22-10-16-11-24(19(26)28-16)15-3-4-18(17(21)9-15)23-7-5-20(6-8-23)12-27-14(2)29-20/h3-4,9,14,16H,5-8,10-12H2,1-2H3,(H,22,25). The highest BCUT2D eigenvalue weighted by Gasteiger charge is 2.42. The van der Waals surface area contributed by atoms with Gasteiger partial charge in [-0.05, 0) is 38.0 Å². The number of piperidine rings is 1. The molecule has 8 nitrogen and oxygen atoms in total. The molecule has 2 atom stereocenters. The number of amides is 2. The van der Waals surface area contributed by atoms with Gasteiger partial charge in [0.1, 0.15) is 11.9 Å². The summed E-state index contributed by atoms with van der Waals surface area (Å²) in [5.74, 6) is -0.573. The number of benzene rings is 1. The van der Waals surface area contributed by atoms with Gasteiger partial charge in [0.2, 0.25) is 5.91 Å². The van der Waals surface area contributed by atoms with Gasteiger partial charge in [0.15, 0.2) is 6.29 Å². The van der Waals surface area contributed by atoms with Crippen LogP contribution in [0.25, 0.3) is 0 Å².